The molecular formula is C21H30N4O3S. The van der Waals surface area contributed by atoms with Gasteiger partial charge in [0, 0.05) is 18.0 Å². The highest BCUT2D eigenvalue weighted by Gasteiger charge is 2.36. The third kappa shape index (κ3) is 5.65. The largest absolute Gasteiger partial charge is 0.464 e. The van der Waals surface area contributed by atoms with Gasteiger partial charge >= 0.3 is 0 Å². The number of aromatic nitrogens is 2. The van der Waals surface area contributed by atoms with Crippen molar-refractivity contribution in [2.24, 2.45) is 5.92 Å². The maximum absolute atomic E-state index is 13.4. The molecule has 1 aliphatic carbocycles. The van der Waals surface area contributed by atoms with Crippen LogP contribution in [0.2, 0.25) is 0 Å². The van der Waals surface area contributed by atoms with Crippen LogP contribution in [-0.4, -0.2) is 38.9 Å². The van der Waals surface area contributed by atoms with E-state index in [4.69, 9.17) is 4.42 Å². The summed E-state index contributed by atoms with van der Waals surface area (Å²) in [4.78, 5) is 28.2. The highest BCUT2D eigenvalue weighted by atomic mass is 32.1. The molecule has 2 aromatic heterocycles. The second-order valence-corrected chi connectivity index (χ2v) is 8.78. The van der Waals surface area contributed by atoms with Crippen LogP contribution in [0.1, 0.15) is 80.4 Å². The second-order valence-electron chi connectivity index (χ2n) is 8.17. The summed E-state index contributed by atoms with van der Waals surface area (Å²) in [6.07, 6.45) is 6.18. The van der Waals surface area contributed by atoms with Crippen molar-refractivity contribution in [3.63, 3.8) is 0 Å². The summed E-state index contributed by atoms with van der Waals surface area (Å²) in [5.74, 6) is 1.10. The topological polar surface area (TPSA) is 88.3 Å². The Labute approximate surface area is 176 Å². The Morgan fingerprint density at radius 2 is 2.03 bits per heavy atom. The first-order chi connectivity index (χ1) is 14.0. The molecule has 0 radical (unpaired) electrons. The maximum atomic E-state index is 13.4. The molecule has 2 heterocycles. The zero-order chi connectivity index (χ0) is 20.8. The summed E-state index contributed by atoms with van der Waals surface area (Å²) >= 11 is 1.13. The standard InChI is InChI=1S/C21H30N4O3S/c1-14(2)11-12-25(21(27)17-13-29-24-23-17)19(18-10-9-15(3)28-18)20(26)22-16-7-5-4-6-8-16/h9-10,13-14,16,19H,4-8,11-12H2,1-3H3,(H,22,26). The fourth-order valence-electron chi connectivity index (χ4n) is 3.70. The van der Waals surface area contributed by atoms with Gasteiger partial charge in [0.25, 0.3) is 11.8 Å². The van der Waals surface area contributed by atoms with Gasteiger partial charge in [0.15, 0.2) is 11.7 Å². The molecule has 1 unspecified atom stereocenters. The van der Waals surface area contributed by atoms with Crippen molar-refractivity contribution < 1.29 is 14.0 Å². The van der Waals surface area contributed by atoms with Crippen molar-refractivity contribution in [1.82, 2.24) is 19.8 Å². The van der Waals surface area contributed by atoms with Crippen molar-refractivity contribution >= 4 is 23.3 Å². The van der Waals surface area contributed by atoms with Crippen molar-refractivity contribution in [2.45, 2.75) is 71.4 Å². The lowest BCUT2D eigenvalue weighted by Gasteiger charge is -2.32. The van der Waals surface area contributed by atoms with E-state index >= 15 is 0 Å². The minimum absolute atomic E-state index is 0.151. The number of hydrogen-bond donors (Lipinski definition) is 1. The van der Waals surface area contributed by atoms with Gasteiger partial charge in [0.05, 0.1) is 0 Å². The van der Waals surface area contributed by atoms with Gasteiger partial charge in [-0.15, -0.1) is 5.10 Å². The van der Waals surface area contributed by atoms with Gasteiger partial charge in [-0.1, -0.05) is 37.6 Å². The molecule has 0 spiro atoms. The summed E-state index contributed by atoms with van der Waals surface area (Å²) in [5, 5.41) is 8.72. The van der Waals surface area contributed by atoms with Crippen LogP contribution in [0.5, 0.6) is 0 Å². The molecule has 1 fully saturated rings. The first kappa shape index (κ1) is 21.5. The zero-order valence-electron chi connectivity index (χ0n) is 17.4. The molecule has 29 heavy (non-hydrogen) atoms. The number of furan rings is 1. The van der Waals surface area contributed by atoms with Crippen LogP contribution in [0.15, 0.2) is 21.9 Å². The summed E-state index contributed by atoms with van der Waals surface area (Å²) < 4.78 is 9.64. The molecule has 1 saturated carbocycles. The van der Waals surface area contributed by atoms with Crippen molar-refractivity contribution in [1.29, 1.82) is 0 Å². The Balaban J connectivity index is 1.90. The Bertz CT molecular complexity index is 797. The molecule has 0 saturated heterocycles. The van der Waals surface area contributed by atoms with Gasteiger partial charge < -0.3 is 14.6 Å². The number of hydrogen-bond acceptors (Lipinski definition) is 6. The Hall–Kier alpha value is -2.22. The van der Waals surface area contributed by atoms with E-state index in [1.165, 1.54) is 6.42 Å². The molecule has 0 aliphatic heterocycles. The van der Waals surface area contributed by atoms with Crippen molar-refractivity contribution in [3.8, 4) is 0 Å². The van der Waals surface area contributed by atoms with Gasteiger partial charge in [0.1, 0.15) is 11.5 Å². The molecular weight excluding hydrogens is 388 g/mol. The van der Waals surface area contributed by atoms with Crippen LogP contribution in [0.4, 0.5) is 0 Å². The summed E-state index contributed by atoms with van der Waals surface area (Å²) in [5.41, 5.74) is 0.262. The number of carbonyl (C=O) groups is 2. The summed E-state index contributed by atoms with van der Waals surface area (Å²) in [6.45, 7) is 6.48. The van der Waals surface area contributed by atoms with E-state index in [0.717, 1.165) is 43.6 Å². The molecule has 0 bridgehead atoms. The van der Waals surface area contributed by atoms with E-state index < -0.39 is 6.04 Å². The van der Waals surface area contributed by atoms with Gasteiger partial charge in [-0.2, -0.15) is 0 Å². The van der Waals surface area contributed by atoms with Crippen molar-refractivity contribution in [2.75, 3.05) is 6.54 Å². The monoisotopic (exact) mass is 418 g/mol. The molecule has 1 atom stereocenters. The van der Waals surface area contributed by atoms with E-state index in [9.17, 15) is 9.59 Å². The predicted molar refractivity (Wildman–Crippen MR) is 112 cm³/mol. The Morgan fingerprint density at radius 3 is 2.62 bits per heavy atom. The number of nitrogens with zero attached hydrogens (tertiary/aromatic N) is 3. The fraction of sp³-hybridized carbons (Fsp3) is 0.619. The number of rotatable bonds is 8. The average molecular weight is 419 g/mol. The highest BCUT2D eigenvalue weighted by Crippen LogP contribution is 2.27. The molecule has 7 nitrogen and oxygen atoms in total. The molecule has 2 amide bonds. The smallest absolute Gasteiger partial charge is 0.276 e. The number of nitrogens with one attached hydrogen (secondary N) is 1. The first-order valence-electron chi connectivity index (χ1n) is 10.4. The maximum Gasteiger partial charge on any atom is 0.276 e. The van der Waals surface area contributed by atoms with E-state index in [1.54, 1.807) is 16.3 Å². The van der Waals surface area contributed by atoms with Crippen LogP contribution < -0.4 is 5.32 Å². The van der Waals surface area contributed by atoms with Crippen LogP contribution >= 0.6 is 11.5 Å². The molecule has 158 valence electrons. The van der Waals surface area contributed by atoms with Crippen LogP contribution in [0.3, 0.4) is 0 Å². The Kier molecular flexibility index (Phi) is 7.41. The fourth-order valence-corrected chi connectivity index (χ4v) is 4.13. The van der Waals surface area contributed by atoms with E-state index in [-0.39, 0.29) is 23.6 Å². The predicted octanol–water partition coefficient (Wildman–Crippen LogP) is 4.12. The van der Waals surface area contributed by atoms with Gasteiger partial charge in [0.2, 0.25) is 0 Å². The van der Waals surface area contributed by atoms with Gasteiger partial charge in [-0.05, 0) is 55.8 Å². The lowest BCUT2D eigenvalue weighted by molar-refractivity contribution is -0.127. The van der Waals surface area contributed by atoms with Gasteiger partial charge in [-0.25, -0.2) is 0 Å². The number of carbonyl (C=O) groups excluding carboxylic acids is 2. The van der Waals surface area contributed by atoms with Crippen LogP contribution in [0, 0.1) is 12.8 Å². The average Bonchev–Trinajstić information content (AvgIpc) is 3.37. The third-order valence-electron chi connectivity index (χ3n) is 5.33. The van der Waals surface area contributed by atoms with E-state index in [2.05, 4.69) is 28.8 Å². The molecule has 2 aromatic rings. The third-order valence-corrected chi connectivity index (χ3v) is 5.83. The molecule has 8 heteroatoms. The lowest BCUT2D eigenvalue weighted by Crippen LogP contribution is -2.47. The number of amides is 2. The zero-order valence-corrected chi connectivity index (χ0v) is 18.2. The quantitative estimate of drug-likeness (QED) is 0.697. The molecule has 0 aromatic carbocycles. The van der Waals surface area contributed by atoms with E-state index in [0.29, 0.717) is 24.0 Å². The molecule has 1 N–H and O–H groups in total. The lowest BCUT2D eigenvalue weighted by atomic mass is 9.95. The van der Waals surface area contributed by atoms with Crippen molar-refractivity contribution in [3.05, 3.63) is 34.7 Å². The highest BCUT2D eigenvalue weighted by molar-refractivity contribution is 7.03. The molecule has 3 rings (SSSR count). The van der Waals surface area contributed by atoms with Gasteiger partial charge in [-0.3, -0.25) is 9.59 Å². The Morgan fingerprint density at radius 1 is 1.28 bits per heavy atom. The number of aryl methyl sites for hydroxylation is 1. The minimum atomic E-state index is -0.821. The summed E-state index contributed by atoms with van der Waals surface area (Å²) in [6, 6.07) is 2.94. The summed E-state index contributed by atoms with van der Waals surface area (Å²) in [7, 11) is 0. The second kappa shape index (κ2) is 10.0. The minimum Gasteiger partial charge on any atom is -0.464 e. The van der Waals surface area contributed by atoms with Crippen LogP contribution in [-0.2, 0) is 4.79 Å². The van der Waals surface area contributed by atoms with Crippen LogP contribution in [0.25, 0.3) is 0 Å². The normalized spacial score (nSPS) is 16.0. The first-order valence-corrected chi connectivity index (χ1v) is 11.2. The molecule has 1 aliphatic rings. The van der Waals surface area contributed by atoms with E-state index in [1.807, 2.05) is 13.0 Å². The SMILES string of the molecule is Cc1ccc(C(C(=O)NC2CCCCC2)N(CCC(C)C)C(=O)c2csnn2)o1.